The van der Waals surface area contributed by atoms with Gasteiger partial charge in [0.05, 0.1) is 22.9 Å². The van der Waals surface area contributed by atoms with Gasteiger partial charge >= 0.3 is 5.97 Å². The molecule has 6 nitrogen and oxygen atoms in total. The van der Waals surface area contributed by atoms with Gasteiger partial charge in [-0.1, -0.05) is 12.1 Å². The summed E-state index contributed by atoms with van der Waals surface area (Å²) in [6, 6.07) is 6.66. The highest BCUT2D eigenvalue weighted by atomic mass is 16.4. The van der Waals surface area contributed by atoms with E-state index in [0.29, 0.717) is 18.5 Å². The van der Waals surface area contributed by atoms with Crippen molar-refractivity contribution in [1.82, 2.24) is 15.1 Å². The highest BCUT2D eigenvalue weighted by Gasteiger charge is 2.21. The molecule has 1 amide bonds. The second-order valence-corrected chi connectivity index (χ2v) is 6.73. The zero-order chi connectivity index (χ0) is 17.9. The van der Waals surface area contributed by atoms with Crippen LogP contribution >= 0.6 is 0 Å². The molecule has 0 aliphatic carbocycles. The molecular formula is C18H23N3O3. The second-order valence-electron chi connectivity index (χ2n) is 6.73. The third-order valence-corrected chi connectivity index (χ3v) is 3.79. The molecule has 1 aromatic carbocycles. The Morgan fingerprint density at radius 3 is 2.33 bits per heavy atom. The third-order valence-electron chi connectivity index (χ3n) is 3.79. The van der Waals surface area contributed by atoms with Gasteiger partial charge in [-0.15, -0.1) is 0 Å². The van der Waals surface area contributed by atoms with E-state index >= 15 is 0 Å². The maximum absolute atomic E-state index is 12.3. The molecule has 6 heteroatoms. The van der Waals surface area contributed by atoms with Gasteiger partial charge in [0.1, 0.15) is 0 Å². The zero-order valence-electron chi connectivity index (χ0n) is 14.5. The molecule has 0 saturated carbocycles. The first-order chi connectivity index (χ1) is 11.2. The molecule has 2 aromatic rings. The lowest BCUT2D eigenvalue weighted by Crippen LogP contribution is -2.28. The summed E-state index contributed by atoms with van der Waals surface area (Å²) in [4.78, 5) is 23.1. The van der Waals surface area contributed by atoms with Crippen LogP contribution in [0.4, 0.5) is 0 Å². The molecule has 1 heterocycles. The first kappa shape index (κ1) is 17.7. The van der Waals surface area contributed by atoms with E-state index in [-0.39, 0.29) is 17.0 Å². The number of carboxylic acid groups (broad SMARTS) is 1. The van der Waals surface area contributed by atoms with Crippen molar-refractivity contribution in [3.63, 3.8) is 0 Å². The minimum Gasteiger partial charge on any atom is -0.478 e. The Morgan fingerprint density at radius 1 is 1.21 bits per heavy atom. The number of aromatic carboxylic acids is 1. The molecule has 1 aromatic heterocycles. The maximum Gasteiger partial charge on any atom is 0.335 e. The molecule has 0 aliphatic rings. The van der Waals surface area contributed by atoms with Crippen molar-refractivity contribution in [2.24, 2.45) is 0 Å². The first-order valence-electron chi connectivity index (χ1n) is 7.85. The molecule has 24 heavy (non-hydrogen) atoms. The molecule has 0 aliphatic heterocycles. The second kappa shape index (κ2) is 6.86. The van der Waals surface area contributed by atoms with E-state index in [1.165, 1.54) is 0 Å². The highest BCUT2D eigenvalue weighted by molar-refractivity contribution is 5.95. The van der Waals surface area contributed by atoms with Crippen molar-refractivity contribution >= 4 is 11.9 Å². The number of hydrogen-bond donors (Lipinski definition) is 2. The summed E-state index contributed by atoms with van der Waals surface area (Å²) in [7, 11) is 0. The fraction of sp³-hybridized carbons (Fsp3) is 0.389. The number of nitrogens with one attached hydrogen (secondary N) is 1. The van der Waals surface area contributed by atoms with Crippen LogP contribution in [0.3, 0.4) is 0 Å². The molecule has 0 radical (unpaired) electrons. The summed E-state index contributed by atoms with van der Waals surface area (Å²) in [6.07, 6.45) is 2.23. The van der Waals surface area contributed by atoms with Crippen LogP contribution in [-0.2, 0) is 12.0 Å². The Kier molecular flexibility index (Phi) is 5.07. The Labute approximate surface area is 141 Å². The standard InChI is InChI=1S/C18H23N3O3/c1-12-15(11-20-21(12)18(2,3)4)16(22)19-10-9-13-5-7-14(8-6-13)17(23)24/h5-8,11H,9-10H2,1-4H3,(H,19,22)(H,23,24). The summed E-state index contributed by atoms with van der Waals surface area (Å²) in [6.45, 7) is 8.48. The molecule has 128 valence electrons. The van der Waals surface area contributed by atoms with Crippen LogP contribution in [0.25, 0.3) is 0 Å². The molecule has 0 unspecified atom stereocenters. The quantitative estimate of drug-likeness (QED) is 0.883. The van der Waals surface area contributed by atoms with Gasteiger partial charge in [-0.3, -0.25) is 9.48 Å². The number of benzene rings is 1. The number of nitrogens with zero attached hydrogens (tertiary/aromatic N) is 2. The van der Waals surface area contributed by atoms with Crippen LogP contribution in [0.5, 0.6) is 0 Å². The monoisotopic (exact) mass is 329 g/mol. The molecule has 0 spiro atoms. The summed E-state index contributed by atoms with van der Waals surface area (Å²) >= 11 is 0. The van der Waals surface area contributed by atoms with Gasteiger partial charge in [0.2, 0.25) is 0 Å². The predicted molar refractivity (Wildman–Crippen MR) is 91.4 cm³/mol. The smallest absolute Gasteiger partial charge is 0.335 e. The van der Waals surface area contributed by atoms with Crippen molar-refractivity contribution in [3.05, 3.63) is 52.8 Å². The van der Waals surface area contributed by atoms with Crippen LogP contribution < -0.4 is 5.32 Å². The van der Waals surface area contributed by atoms with Crippen LogP contribution in [0, 0.1) is 6.92 Å². The Balaban J connectivity index is 1.94. The highest BCUT2D eigenvalue weighted by Crippen LogP contribution is 2.18. The van der Waals surface area contributed by atoms with Gasteiger partial charge in [-0.05, 0) is 51.8 Å². The van der Waals surface area contributed by atoms with Crippen LogP contribution in [0.2, 0.25) is 0 Å². The topological polar surface area (TPSA) is 84.2 Å². The van der Waals surface area contributed by atoms with Crippen molar-refractivity contribution in [2.75, 3.05) is 6.54 Å². The Hall–Kier alpha value is -2.63. The van der Waals surface area contributed by atoms with E-state index in [1.54, 1.807) is 30.5 Å². The normalized spacial score (nSPS) is 11.3. The van der Waals surface area contributed by atoms with Crippen molar-refractivity contribution in [3.8, 4) is 0 Å². The van der Waals surface area contributed by atoms with E-state index in [4.69, 9.17) is 5.11 Å². The number of carbonyl (C=O) groups excluding carboxylic acids is 1. The minimum absolute atomic E-state index is 0.148. The first-order valence-corrected chi connectivity index (χ1v) is 7.85. The predicted octanol–water partition coefficient (Wildman–Crippen LogP) is 2.62. The van der Waals surface area contributed by atoms with Crippen LogP contribution in [0.15, 0.2) is 30.5 Å². The summed E-state index contributed by atoms with van der Waals surface area (Å²) in [5.41, 5.74) is 2.47. The van der Waals surface area contributed by atoms with Crippen LogP contribution in [0.1, 0.15) is 52.7 Å². The van der Waals surface area contributed by atoms with Crippen molar-refractivity contribution in [2.45, 2.75) is 39.7 Å². The van der Waals surface area contributed by atoms with Gasteiger partial charge in [0.15, 0.2) is 0 Å². The van der Waals surface area contributed by atoms with Crippen molar-refractivity contribution in [1.29, 1.82) is 0 Å². The van der Waals surface area contributed by atoms with Gasteiger partial charge in [0, 0.05) is 12.2 Å². The number of rotatable bonds is 5. The Bertz CT molecular complexity index is 740. The molecule has 2 rings (SSSR count). The van der Waals surface area contributed by atoms with Gasteiger partial charge < -0.3 is 10.4 Å². The van der Waals surface area contributed by atoms with Gasteiger partial charge in [-0.2, -0.15) is 5.10 Å². The molecule has 2 N–H and O–H groups in total. The number of carbonyl (C=O) groups is 2. The van der Waals surface area contributed by atoms with E-state index in [2.05, 4.69) is 10.4 Å². The van der Waals surface area contributed by atoms with E-state index in [1.807, 2.05) is 32.4 Å². The average Bonchev–Trinajstić information content (AvgIpc) is 2.89. The lowest BCUT2D eigenvalue weighted by molar-refractivity contribution is 0.0696. The maximum atomic E-state index is 12.3. The zero-order valence-corrected chi connectivity index (χ0v) is 14.5. The number of carboxylic acids is 1. The fourth-order valence-electron chi connectivity index (χ4n) is 2.54. The van der Waals surface area contributed by atoms with E-state index in [9.17, 15) is 9.59 Å². The Morgan fingerprint density at radius 2 is 1.83 bits per heavy atom. The summed E-state index contributed by atoms with van der Waals surface area (Å²) in [5, 5.41) is 16.1. The van der Waals surface area contributed by atoms with Gasteiger partial charge in [0.25, 0.3) is 5.91 Å². The number of amides is 1. The summed E-state index contributed by atoms with van der Waals surface area (Å²) < 4.78 is 1.84. The lowest BCUT2D eigenvalue weighted by atomic mass is 10.1. The molecule has 0 bridgehead atoms. The SMILES string of the molecule is Cc1c(C(=O)NCCc2ccc(C(=O)O)cc2)cnn1C(C)(C)C. The van der Waals surface area contributed by atoms with E-state index in [0.717, 1.165) is 11.3 Å². The lowest BCUT2D eigenvalue weighted by Gasteiger charge is -2.21. The summed E-state index contributed by atoms with van der Waals surface area (Å²) in [5.74, 6) is -1.09. The van der Waals surface area contributed by atoms with Gasteiger partial charge in [-0.25, -0.2) is 4.79 Å². The van der Waals surface area contributed by atoms with E-state index < -0.39 is 5.97 Å². The molecule has 0 saturated heterocycles. The number of hydrogen-bond acceptors (Lipinski definition) is 3. The third kappa shape index (κ3) is 4.01. The number of aromatic nitrogens is 2. The average molecular weight is 329 g/mol. The largest absolute Gasteiger partial charge is 0.478 e. The minimum atomic E-state index is -0.943. The molecule has 0 atom stereocenters. The van der Waals surface area contributed by atoms with Crippen LogP contribution in [-0.4, -0.2) is 33.3 Å². The fourth-order valence-corrected chi connectivity index (χ4v) is 2.54. The molecule has 0 fully saturated rings. The van der Waals surface area contributed by atoms with Crippen molar-refractivity contribution < 1.29 is 14.7 Å². The molecular weight excluding hydrogens is 306 g/mol.